The van der Waals surface area contributed by atoms with Crippen LogP contribution < -0.4 is 0 Å². The quantitative estimate of drug-likeness (QED) is 0.636. The van der Waals surface area contributed by atoms with Gasteiger partial charge in [0.15, 0.2) is 0 Å². The highest BCUT2D eigenvalue weighted by Gasteiger charge is 2.53. The molecule has 2 unspecified atom stereocenters. The zero-order valence-electron chi connectivity index (χ0n) is 11.7. The van der Waals surface area contributed by atoms with E-state index in [2.05, 4.69) is 4.18 Å². The van der Waals surface area contributed by atoms with E-state index in [1.807, 2.05) is 6.92 Å². The van der Waals surface area contributed by atoms with Crippen LogP contribution in [0.4, 0.5) is 13.2 Å². The van der Waals surface area contributed by atoms with Crippen molar-refractivity contribution in [1.82, 2.24) is 0 Å². The summed E-state index contributed by atoms with van der Waals surface area (Å²) in [4.78, 5) is 0. The number of aliphatic hydroxyl groups excluding tert-OH is 1. The van der Waals surface area contributed by atoms with E-state index in [-0.39, 0.29) is 29.6 Å². The Morgan fingerprint density at radius 3 is 2.67 bits per heavy atom. The number of hydrogen-bond donors (Lipinski definition) is 1. The summed E-state index contributed by atoms with van der Waals surface area (Å²) in [6, 6.07) is 0. The van der Waals surface area contributed by atoms with E-state index in [9.17, 15) is 21.6 Å². The number of alkyl halides is 3. The van der Waals surface area contributed by atoms with Crippen molar-refractivity contribution in [1.29, 1.82) is 0 Å². The molecule has 1 fully saturated rings. The molecule has 0 radical (unpaired) electrons. The SMILES string of the molecule is CC12CCC=C(OS(=O)(=O)C(F)(F)F)C1CC[C@@H]2CCO. The van der Waals surface area contributed by atoms with E-state index in [0.29, 0.717) is 19.3 Å². The lowest BCUT2D eigenvalue weighted by atomic mass is 9.66. The molecule has 122 valence electrons. The first-order chi connectivity index (χ1) is 9.62. The van der Waals surface area contributed by atoms with Gasteiger partial charge in [0.1, 0.15) is 5.76 Å². The van der Waals surface area contributed by atoms with Gasteiger partial charge in [-0.2, -0.15) is 21.6 Å². The molecule has 2 aliphatic carbocycles. The van der Waals surface area contributed by atoms with Crippen LogP contribution >= 0.6 is 0 Å². The molecule has 2 aliphatic rings. The van der Waals surface area contributed by atoms with Crippen LogP contribution in [0.3, 0.4) is 0 Å². The molecule has 1 N–H and O–H groups in total. The fourth-order valence-corrected chi connectivity index (χ4v) is 4.25. The molecule has 1 saturated carbocycles. The zero-order valence-corrected chi connectivity index (χ0v) is 12.5. The van der Waals surface area contributed by atoms with Gasteiger partial charge in [0.05, 0.1) is 0 Å². The van der Waals surface area contributed by atoms with Crippen molar-refractivity contribution in [2.45, 2.75) is 44.5 Å². The molecule has 0 aromatic heterocycles. The third kappa shape index (κ3) is 2.92. The maximum Gasteiger partial charge on any atom is 0.534 e. The predicted octanol–water partition coefficient (Wildman–Crippen LogP) is 2.95. The second kappa shape index (κ2) is 5.46. The summed E-state index contributed by atoms with van der Waals surface area (Å²) >= 11 is 0. The molecule has 0 aromatic carbocycles. The summed E-state index contributed by atoms with van der Waals surface area (Å²) in [6.07, 6.45) is 4.62. The van der Waals surface area contributed by atoms with E-state index >= 15 is 0 Å². The fourth-order valence-electron chi connectivity index (χ4n) is 3.72. The van der Waals surface area contributed by atoms with Crippen LogP contribution in [0.2, 0.25) is 0 Å². The molecule has 0 spiro atoms. The van der Waals surface area contributed by atoms with Crippen LogP contribution in [0.5, 0.6) is 0 Å². The predicted molar refractivity (Wildman–Crippen MR) is 69.4 cm³/mol. The van der Waals surface area contributed by atoms with Crippen molar-refractivity contribution >= 4 is 10.1 Å². The number of aliphatic hydroxyl groups is 1. The van der Waals surface area contributed by atoms with Gasteiger partial charge >= 0.3 is 15.6 Å². The van der Waals surface area contributed by atoms with Crippen molar-refractivity contribution in [2.24, 2.45) is 17.3 Å². The minimum Gasteiger partial charge on any atom is -0.396 e. The van der Waals surface area contributed by atoms with Gasteiger partial charge in [0.2, 0.25) is 0 Å². The lowest BCUT2D eigenvalue weighted by molar-refractivity contribution is -0.0535. The van der Waals surface area contributed by atoms with Gasteiger partial charge in [-0.15, -0.1) is 0 Å². The lowest BCUT2D eigenvalue weighted by Crippen LogP contribution is -2.35. The number of rotatable bonds is 4. The summed E-state index contributed by atoms with van der Waals surface area (Å²) in [6.45, 7) is 1.97. The summed E-state index contributed by atoms with van der Waals surface area (Å²) in [5, 5.41) is 9.10. The Bertz CT molecular complexity index is 526. The average Bonchev–Trinajstić information content (AvgIpc) is 2.66. The minimum absolute atomic E-state index is 0.0216. The van der Waals surface area contributed by atoms with Crippen LogP contribution in [-0.4, -0.2) is 25.6 Å². The number of hydrogen-bond acceptors (Lipinski definition) is 4. The minimum atomic E-state index is -5.61. The smallest absolute Gasteiger partial charge is 0.396 e. The Morgan fingerprint density at radius 2 is 2.10 bits per heavy atom. The summed E-state index contributed by atoms with van der Waals surface area (Å²) in [7, 11) is -5.61. The van der Waals surface area contributed by atoms with E-state index in [4.69, 9.17) is 5.11 Å². The summed E-state index contributed by atoms with van der Waals surface area (Å²) in [5.41, 5.74) is -5.72. The molecule has 0 heterocycles. The average molecular weight is 328 g/mol. The molecule has 0 bridgehead atoms. The third-order valence-electron chi connectivity index (χ3n) is 4.87. The van der Waals surface area contributed by atoms with Gasteiger partial charge in [-0.1, -0.05) is 6.92 Å². The van der Waals surface area contributed by atoms with Crippen LogP contribution in [0.25, 0.3) is 0 Å². The largest absolute Gasteiger partial charge is 0.534 e. The maximum absolute atomic E-state index is 12.5. The molecule has 0 amide bonds. The monoisotopic (exact) mass is 328 g/mol. The van der Waals surface area contributed by atoms with Crippen molar-refractivity contribution in [3.8, 4) is 0 Å². The van der Waals surface area contributed by atoms with E-state index in [1.54, 1.807) is 0 Å². The fraction of sp³-hybridized carbons (Fsp3) is 0.846. The van der Waals surface area contributed by atoms with Crippen LogP contribution in [0.1, 0.15) is 39.0 Å². The molecular formula is C13H19F3O4S. The zero-order chi connectivity index (χ0) is 15.9. The Morgan fingerprint density at radius 1 is 1.43 bits per heavy atom. The molecule has 21 heavy (non-hydrogen) atoms. The standard InChI is InChI=1S/C13H19F3O4S/c1-12-7-2-3-11(20-21(18,19)13(14,15)16)10(12)5-4-9(12)6-8-17/h3,9-10,17H,2,4-8H2,1H3/t9-,10?,12?/m1/s1. The topological polar surface area (TPSA) is 63.6 Å². The first-order valence-electron chi connectivity index (χ1n) is 6.93. The Hall–Kier alpha value is -0.760. The first-order valence-corrected chi connectivity index (χ1v) is 8.34. The highest BCUT2D eigenvalue weighted by molar-refractivity contribution is 7.87. The molecule has 4 nitrogen and oxygen atoms in total. The van der Waals surface area contributed by atoms with Gasteiger partial charge in [-0.3, -0.25) is 0 Å². The van der Waals surface area contributed by atoms with Crippen LogP contribution in [0.15, 0.2) is 11.8 Å². The Labute approximate surface area is 122 Å². The normalized spacial score (nSPS) is 33.5. The van der Waals surface area contributed by atoms with E-state index < -0.39 is 15.6 Å². The highest BCUT2D eigenvalue weighted by atomic mass is 32.2. The van der Waals surface area contributed by atoms with Crippen molar-refractivity contribution in [2.75, 3.05) is 6.61 Å². The van der Waals surface area contributed by atoms with E-state index in [0.717, 1.165) is 12.8 Å². The molecule has 3 atom stereocenters. The van der Waals surface area contributed by atoms with Crippen LogP contribution in [-0.2, 0) is 14.3 Å². The third-order valence-corrected chi connectivity index (χ3v) is 5.85. The molecule has 2 rings (SSSR count). The van der Waals surface area contributed by atoms with Crippen LogP contribution in [0, 0.1) is 17.3 Å². The number of halogens is 3. The molecular weight excluding hydrogens is 309 g/mol. The van der Waals surface area contributed by atoms with E-state index in [1.165, 1.54) is 6.08 Å². The molecule has 0 saturated heterocycles. The Kier molecular flexibility index (Phi) is 4.32. The van der Waals surface area contributed by atoms with Gasteiger partial charge < -0.3 is 9.29 Å². The lowest BCUT2D eigenvalue weighted by Gasteiger charge is -2.40. The maximum atomic E-state index is 12.5. The van der Waals surface area contributed by atoms with Crippen molar-refractivity contribution < 1.29 is 30.9 Å². The second-order valence-corrected chi connectivity index (χ2v) is 7.51. The first kappa shape index (κ1) is 16.6. The summed E-state index contributed by atoms with van der Waals surface area (Å²) < 4.78 is 64.1. The molecule has 0 aromatic rings. The van der Waals surface area contributed by atoms with Gasteiger partial charge in [0, 0.05) is 12.5 Å². The second-order valence-electron chi connectivity index (χ2n) is 5.97. The van der Waals surface area contributed by atoms with Crippen molar-refractivity contribution in [3.63, 3.8) is 0 Å². The van der Waals surface area contributed by atoms with Gasteiger partial charge in [-0.25, -0.2) is 0 Å². The number of allylic oxidation sites excluding steroid dienone is 2. The van der Waals surface area contributed by atoms with Gasteiger partial charge in [-0.05, 0) is 49.5 Å². The molecule has 8 heteroatoms. The number of fused-ring (bicyclic) bond motifs is 1. The highest BCUT2D eigenvalue weighted by Crippen LogP contribution is 2.57. The van der Waals surface area contributed by atoms with Gasteiger partial charge in [0.25, 0.3) is 0 Å². The Balaban J connectivity index is 2.22. The van der Waals surface area contributed by atoms with Crippen molar-refractivity contribution in [3.05, 3.63) is 11.8 Å². The molecule has 0 aliphatic heterocycles. The summed E-state index contributed by atoms with van der Waals surface area (Å²) in [5.74, 6) is -0.241.